The zero-order valence-electron chi connectivity index (χ0n) is 13.9. The Kier molecular flexibility index (Phi) is 8.01. The van der Waals surface area contributed by atoms with Crippen LogP contribution in [0.2, 0.25) is 0 Å². The van der Waals surface area contributed by atoms with Gasteiger partial charge in [0.2, 0.25) is 0 Å². The van der Waals surface area contributed by atoms with Crippen molar-refractivity contribution in [3.05, 3.63) is 0 Å². The average Bonchev–Trinajstić information content (AvgIpc) is 2.38. The molecule has 1 aliphatic carbocycles. The molecule has 0 bridgehead atoms. The van der Waals surface area contributed by atoms with Gasteiger partial charge in [-0.3, -0.25) is 0 Å². The molecule has 1 rings (SSSR count). The quantitative estimate of drug-likeness (QED) is 0.674. The normalized spacial score (nSPS) is 28.3. The third kappa shape index (κ3) is 5.83. The van der Waals surface area contributed by atoms with Crippen LogP contribution in [0.15, 0.2) is 0 Å². The van der Waals surface area contributed by atoms with Gasteiger partial charge in [-0.05, 0) is 63.2 Å². The van der Waals surface area contributed by atoms with Crippen LogP contribution in [0.1, 0.15) is 60.3 Å². The topological polar surface area (TPSA) is 15.3 Å². The standard InChI is InChI=1S/C17H36N2/c1-6-19(7-2)12-8-11-18-17-13-15(5)9-10-16(17)14(3)4/h14-18H,6-13H2,1-5H3. The molecular formula is C17H36N2. The molecule has 0 spiro atoms. The minimum absolute atomic E-state index is 0.764. The molecule has 19 heavy (non-hydrogen) atoms. The van der Waals surface area contributed by atoms with Crippen molar-refractivity contribution in [3.63, 3.8) is 0 Å². The van der Waals surface area contributed by atoms with Gasteiger partial charge in [-0.15, -0.1) is 0 Å². The van der Waals surface area contributed by atoms with Crippen LogP contribution in [0.5, 0.6) is 0 Å². The van der Waals surface area contributed by atoms with E-state index in [1.54, 1.807) is 0 Å². The minimum atomic E-state index is 0.764. The summed E-state index contributed by atoms with van der Waals surface area (Å²) in [6.45, 7) is 16.5. The van der Waals surface area contributed by atoms with Crippen molar-refractivity contribution in [3.8, 4) is 0 Å². The van der Waals surface area contributed by atoms with Gasteiger partial charge >= 0.3 is 0 Å². The average molecular weight is 268 g/mol. The molecule has 3 unspecified atom stereocenters. The van der Waals surface area contributed by atoms with Crippen LogP contribution >= 0.6 is 0 Å². The van der Waals surface area contributed by atoms with Crippen LogP contribution in [0, 0.1) is 17.8 Å². The predicted octanol–water partition coefficient (Wildman–Crippen LogP) is 3.77. The summed E-state index contributed by atoms with van der Waals surface area (Å²) in [6, 6.07) is 0.764. The highest BCUT2D eigenvalue weighted by Crippen LogP contribution is 2.33. The predicted molar refractivity (Wildman–Crippen MR) is 85.5 cm³/mol. The Morgan fingerprint density at radius 3 is 2.42 bits per heavy atom. The van der Waals surface area contributed by atoms with E-state index in [1.807, 2.05) is 0 Å². The summed E-state index contributed by atoms with van der Waals surface area (Å²) in [4.78, 5) is 2.52. The van der Waals surface area contributed by atoms with E-state index in [0.29, 0.717) is 0 Å². The van der Waals surface area contributed by atoms with Crippen molar-refractivity contribution in [1.82, 2.24) is 10.2 Å². The highest BCUT2D eigenvalue weighted by atomic mass is 15.1. The summed E-state index contributed by atoms with van der Waals surface area (Å²) in [5.41, 5.74) is 0. The molecule has 3 atom stereocenters. The smallest absolute Gasteiger partial charge is 0.0100 e. The molecule has 1 aliphatic rings. The molecule has 2 heteroatoms. The first-order chi connectivity index (χ1) is 9.08. The summed E-state index contributed by atoms with van der Waals surface area (Å²) in [7, 11) is 0. The Hall–Kier alpha value is -0.0800. The third-order valence-electron chi connectivity index (χ3n) is 4.97. The van der Waals surface area contributed by atoms with Crippen molar-refractivity contribution >= 4 is 0 Å². The summed E-state index contributed by atoms with van der Waals surface area (Å²) < 4.78 is 0. The highest BCUT2D eigenvalue weighted by Gasteiger charge is 2.29. The van der Waals surface area contributed by atoms with E-state index < -0.39 is 0 Å². The second kappa shape index (κ2) is 8.97. The first kappa shape index (κ1) is 17.0. The Balaban J connectivity index is 2.28. The molecule has 0 aromatic rings. The van der Waals surface area contributed by atoms with E-state index in [-0.39, 0.29) is 0 Å². The van der Waals surface area contributed by atoms with E-state index in [1.165, 1.54) is 51.9 Å². The molecule has 0 aromatic carbocycles. The lowest BCUT2D eigenvalue weighted by atomic mass is 9.74. The van der Waals surface area contributed by atoms with Crippen LogP contribution in [0.4, 0.5) is 0 Å². The first-order valence-electron chi connectivity index (χ1n) is 8.54. The van der Waals surface area contributed by atoms with E-state index in [9.17, 15) is 0 Å². The Bertz CT molecular complexity index is 223. The van der Waals surface area contributed by atoms with Gasteiger partial charge in [0, 0.05) is 6.04 Å². The number of rotatable bonds is 8. The summed E-state index contributed by atoms with van der Waals surface area (Å²) in [5.74, 6) is 2.63. The van der Waals surface area contributed by atoms with Gasteiger partial charge in [-0.2, -0.15) is 0 Å². The molecule has 0 amide bonds. The Morgan fingerprint density at radius 2 is 1.84 bits per heavy atom. The van der Waals surface area contributed by atoms with Crippen molar-refractivity contribution < 1.29 is 0 Å². The molecular weight excluding hydrogens is 232 g/mol. The first-order valence-corrected chi connectivity index (χ1v) is 8.54. The molecule has 1 fully saturated rings. The third-order valence-corrected chi connectivity index (χ3v) is 4.97. The fraction of sp³-hybridized carbons (Fsp3) is 1.00. The summed E-state index contributed by atoms with van der Waals surface area (Å²) >= 11 is 0. The Labute approximate surface area is 121 Å². The van der Waals surface area contributed by atoms with E-state index >= 15 is 0 Å². The number of hydrogen-bond donors (Lipinski definition) is 1. The van der Waals surface area contributed by atoms with Gasteiger partial charge in [0.25, 0.3) is 0 Å². The van der Waals surface area contributed by atoms with Crippen molar-refractivity contribution in [2.45, 2.75) is 66.3 Å². The maximum absolute atomic E-state index is 3.86. The van der Waals surface area contributed by atoms with Gasteiger partial charge in [-0.25, -0.2) is 0 Å². The second-order valence-electron chi connectivity index (χ2n) is 6.77. The molecule has 0 aromatic heterocycles. The van der Waals surface area contributed by atoms with E-state index in [2.05, 4.69) is 44.8 Å². The van der Waals surface area contributed by atoms with Gasteiger partial charge in [0.05, 0.1) is 0 Å². The maximum atomic E-state index is 3.86. The van der Waals surface area contributed by atoms with Crippen LogP contribution < -0.4 is 5.32 Å². The number of nitrogens with one attached hydrogen (secondary N) is 1. The lowest BCUT2D eigenvalue weighted by Crippen LogP contribution is -2.43. The van der Waals surface area contributed by atoms with Crippen LogP contribution in [-0.2, 0) is 0 Å². The van der Waals surface area contributed by atoms with Gasteiger partial charge in [0.15, 0.2) is 0 Å². The Morgan fingerprint density at radius 1 is 1.16 bits per heavy atom. The molecule has 0 aliphatic heterocycles. The van der Waals surface area contributed by atoms with Crippen LogP contribution in [0.3, 0.4) is 0 Å². The van der Waals surface area contributed by atoms with Crippen molar-refractivity contribution in [1.29, 1.82) is 0 Å². The van der Waals surface area contributed by atoms with Gasteiger partial charge in [0.1, 0.15) is 0 Å². The fourth-order valence-electron chi connectivity index (χ4n) is 3.57. The summed E-state index contributed by atoms with van der Waals surface area (Å²) in [6.07, 6.45) is 5.53. The minimum Gasteiger partial charge on any atom is -0.314 e. The van der Waals surface area contributed by atoms with Crippen molar-refractivity contribution in [2.24, 2.45) is 17.8 Å². The van der Waals surface area contributed by atoms with Crippen molar-refractivity contribution in [2.75, 3.05) is 26.2 Å². The fourth-order valence-corrected chi connectivity index (χ4v) is 3.57. The zero-order chi connectivity index (χ0) is 14.3. The molecule has 1 N–H and O–H groups in total. The number of nitrogens with zero attached hydrogens (tertiary/aromatic N) is 1. The molecule has 0 saturated heterocycles. The van der Waals surface area contributed by atoms with Gasteiger partial charge in [-0.1, -0.05) is 41.0 Å². The molecule has 2 nitrogen and oxygen atoms in total. The zero-order valence-corrected chi connectivity index (χ0v) is 13.9. The lowest BCUT2D eigenvalue weighted by Gasteiger charge is -2.38. The SMILES string of the molecule is CCN(CC)CCCNC1CC(C)CCC1C(C)C. The maximum Gasteiger partial charge on any atom is 0.0100 e. The van der Waals surface area contributed by atoms with Crippen LogP contribution in [-0.4, -0.2) is 37.1 Å². The molecule has 1 saturated carbocycles. The second-order valence-corrected chi connectivity index (χ2v) is 6.77. The van der Waals surface area contributed by atoms with E-state index in [4.69, 9.17) is 0 Å². The highest BCUT2D eigenvalue weighted by molar-refractivity contribution is 4.85. The van der Waals surface area contributed by atoms with E-state index in [0.717, 1.165) is 23.8 Å². The monoisotopic (exact) mass is 268 g/mol. The van der Waals surface area contributed by atoms with Crippen LogP contribution in [0.25, 0.3) is 0 Å². The lowest BCUT2D eigenvalue weighted by molar-refractivity contribution is 0.168. The molecule has 114 valence electrons. The molecule has 0 radical (unpaired) electrons. The number of hydrogen-bond acceptors (Lipinski definition) is 2. The largest absolute Gasteiger partial charge is 0.314 e. The molecule has 0 heterocycles. The van der Waals surface area contributed by atoms with Gasteiger partial charge < -0.3 is 10.2 Å². The summed E-state index contributed by atoms with van der Waals surface area (Å²) in [5, 5.41) is 3.86.